The second kappa shape index (κ2) is 9.17. The molecule has 188 valence electrons. The van der Waals surface area contributed by atoms with E-state index in [4.69, 9.17) is 4.74 Å². The molecule has 1 aromatic heterocycles. The highest BCUT2D eigenvalue weighted by Crippen LogP contribution is 2.45. The average Bonchev–Trinajstić information content (AvgIpc) is 3.42. The number of piperidine rings is 2. The molecule has 1 N–H and O–H groups in total. The third-order valence-corrected chi connectivity index (χ3v) is 7.51. The lowest BCUT2D eigenvalue weighted by Crippen LogP contribution is -2.42. The summed E-state index contributed by atoms with van der Waals surface area (Å²) < 4.78 is 7.64. The van der Waals surface area contributed by atoms with Crippen LogP contribution in [0.15, 0.2) is 41.3 Å². The summed E-state index contributed by atoms with van der Waals surface area (Å²) in [7, 11) is 0. The Hall–Kier alpha value is -3.10. The van der Waals surface area contributed by atoms with Crippen molar-refractivity contribution in [1.82, 2.24) is 24.8 Å². The maximum absolute atomic E-state index is 12.5. The van der Waals surface area contributed by atoms with Gasteiger partial charge in [-0.2, -0.15) is 0 Å². The van der Waals surface area contributed by atoms with Gasteiger partial charge in [-0.25, -0.2) is 9.48 Å². The number of aromatic nitrogens is 3. The van der Waals surface area contributed by atoms with Crippen LogP contribution in [0.3, 0.4) is 0 Å². The van der Waals surface area contributed by atoms with E-state index in [0.717, 1.165) is 49.9 Å². The fourth-order valence-electron chi connectivity index (χ4n) is 5.96. The van der Waals surface area contributed by atoms with Crippen molar-refractivity contribution in [3.63, 3.8) is 0 Å². The molecule has 1 aliphatic carbocycles. The maximum Gasteiger partial charge on any atom is 0.410 e. The quantitative estimate of drug-likeness (QED) is 0.693. The first-order chi connectivity index (χ1) is 16.7. The lowest BCUT2D eigenvalue weighted by Gasteiger charge is -2.39. The van der Waals surface area contributed by atoms with Crippen LogP contribution in [0.2, 0.25) is 0 Å². The average molecular weight is 482 g/mol. The van der Waals surface area contributed by atoms with E-state index in [0.29, 0.717) is 19.0 Å². The van der Waals surface area contributed by atoms with Crippen LogP contribution in [0.1, 0.15) is 76.9 Å². The van der Waals surface area contributed by atoms with Crippen molar-refractivity contribution in [3.05, 3.63) is 47.0 Å². The Bertz CT molecular complexity index is 1090. The molecule has 2 unspecified atom stereocenters. The summed E-state index contributed by atoms with van der Waals surface area (Å²) in [5.74, 6) is -0.475. The summed E-state index contributed by atoms with van der Waals surface area (Å²) in [5.41, 5.74) is 4.00. The van der Waals surface area contributed by atoms with Gasteiger partial charge in [-0.05, 0) is 64.0 Å². The molecule has 2 saturated heterocycles. The summed E-state index contributed by atoms with van der Waals surface area (Å²) >= 11 is 0. The fourth-order valence-corrected chi connectivity index (χ4v) is 5.96. The van der Waals surface area contributed by atoms with E-state index >= 15 is 0 Å². The fraction of sp³-hybridized carbons (Fsp3) is 0.615. The van der Waals surface area contributed by atoms with Crippen LogP contribution in [0.5, 0.6) is 0 Å². The molecule has 2 atom stereocenters. The molecule has 0 spiro atoms. The van der Waals surface area contributed by atoms with Crippen molar-refractivity contribution in [2.75, 3.05) is 19.6 Å². The number of hydrogen-bond acceptors (Lipinski definition) is 6. The second-order valence-corrected chi connectivity index (χ2v) is 11.0. The summed E-state index contributed by atoms with van der Waals surface area (Å²) in [6.07, 6.45) is 12.4. The SMILES string of the molecule is CC(C)(C)OC(=O)N1CCC(c2cnnn2C2CCC3=C(CC(=O)O)C4=CC=CCC4N3C2)CC1. The first-order valence-electron chi connectivity index (χ1n) is 12.7. The van der Waals surface area contributed by atoms with E-state index in [1.807, 2.05) is 33.0 Å². The van der Waals surface area contributed by atoms with E-state index in [2.05, 4.69) is 32.0 Å². The molecule has 1 aromatic rings. The zero-order valence-electron chi connectivity index (χ0n) is 20.8. The van der Waals surface area contributed by atoms with Gasteiger partial charge in [0.1, 0.15) is 5.60 Å². The van der Waals surface area contributed by atoms with E-state index in [1.54, 1.807) is 4.90 Å². The number of aliphatic carboxylic acids is 1. The molecule has 4 heterocycles. The molecule has 0 radical (unpaired) electrons. The second-order valence-electron chi connectivity index (χ2n) is 11.0. The minimum atomic E-state index is -0.776. The monoisotopic (exact) mass is 481 g/mol. The van der Waals surface area contributed by atoms with Gasteiger partial charge in [-0.1, -0.05) is 23.4 Å². The first kappa shape index (κ1) is 23.6. The van der Waals surface area contributed by atoms with Crippen molar-refractivity contribution in [3.8, 4) is 0 Å². The highest BCUT2D eigenvalue weighted by Gasteiger charge is 2.41. The van der Waals surface area contributed by atoms with Gasteiger partial charge < -0.3 is 19.6 Å². The van der Waals surface area contributed by atoms with Gasteiger partial charge in [0, 0.05) is 31.2 Å². The number of allylic oxidation sites excluding steroid dienone is 3. The van der Waals surface area contributed by atoms with Gasteiger partial charge in [0.15, 0.2) is 0 Å². The standard InChI is InChI=1S/C26H35N5O4/c1-26(2,3)35-25(34)29-12-10-17(11-13-29)23-15-27-28-31(23)18-8-9-22-20(14-24(32)33)19-6-4-5-7-21(19)30(22)16-18/h4-6,15,17-18,21H,7-14,16H2,1-3H3,(H,32,33). The molecule has 3 aliphatic heterocycles. The molecule has 0 aromatic carbocycles. The Morgan fingerprint density at radius 1 is 1.20 bits per heavy atom. The number of hydrogen-bond donors (Lipinski definition) is 1. The van der Waals surface area contributed by atoms with Crippen molar-refractivity contribution in [2.24, 2.45) is 0 Å². The van der Waals surface area contributed by atoms with Gasteiger partial charge in [-0.15, -0.1) is 5.10 Å². The van der Waals surface area contributed by atoms with Crippen LogP contribution < -0.4 is 0 Å². The molecule has 0 saturated carbocycles. The number of fused-ring (bicyclic) bond motifs is 3. The molecule has 9 nitrogen and oxygen atoms in total. The molecule has 0 bridgehead atoms. The molecular weight excluding hydrogens is 446 g/mol. The van der Waals surface area contributed by atoms with Crippen LogP contribution in [-0.4, -0.2) is 73.2 Å². The zero-order valence-corrected chi connectivity index (χ0v) is 20.8. The highest BCUT2D eigenvalue weighted by atomic mass is 16.6. The number of carbonyl (C=O) groups is 2. The molecule has 1 amide bonds. The van der Waals surface area contributed by atoms with E-state index in [9.17, 15) is 14.7 Å². The Balaban J connectivity index is 1.29. The van der Waals surface area contributed by atoms with Crippen molar-refractivity contribution < 1.29 is 19.4 Å². The lowest BCUT2D eigenvalue weighted by molar-refractivity contribution is -0.136. The summed E-state index contributed by atoms with van der Waals surface area (Å²) in [4.78, 5) is 28.2. The van der Waals surface area contributed by atoms with Crippen molar-refractivity contribution >= 4 is 12.1 Å². The number of rotatable bonds is 4. The van der Waals surface area contributed by atoms with Crippen LogP contribution >= 0.6 is 0 Å². The molecule has 5 rings (SSSR count). The number of ether oxygens (including phenoxy) is 1. The van der Waals surface area contributed by atoms with Gasteiger partial charge in [0.25, 0.3) is 0 Å². The van der Waals surface area contributed by atoms with E-state index in [1.165, 1.54) is 11.3 Å². The Morgan fingerprint density at radius 3 is 2.69 bits per heavy atom. The minimum Gasteiger partial charge on any atom is -0.481 e. The zero-order chi connectivity index (χ0) is 24.7. The molecule has 35 heavy (non-hydrogen) atoms. The third-order valence-electron chi connectivity index (χ3n) is 7.51. The number of amides is 1. The minimum absolute atomic E-state index is 0.0808. The molecule has 4 aliphatic rings. The van der Waals surface area contributed by atoms with Gasteiger partial charge in [-0.3, -0.25) is 4.79 Å². The van der Waals surface area contributed by atoms with Crippen molar-refractivity contribution in [1.29, 1.82) is 0 Å². The lowest BCUT2D eigenvalue weighted by atomic mass is 9.93. The highest BCUT2D eigenvalue weighted by molar-refractivity contribution is 5.73. The Kier molecular flexibility index (Phi) is 6.19. The normalized spacial score (nSPS) is 24.8. The predicted molar refractivity (Wildman–Crippen MR) is 130 cm³/mol. The van der Waals surface area contributed by atoms with Gasteiger partial charge in [0.2, 0.25) is 0 Å². The van der Waals surface area contributed by atoms with Crippen LogP contribution in [0.25, 0.3) is 0 Å². The number of likely N-dealkylation sites (tertiary alicyclic amines) is 1. The number of nitrogens with zero attached hydrogens (tertiary/aromatic N) is 5. The van der Waals surface area contributed by atoms with Crippen LogP contribution in [0.4, 0.5) is 4.79 Å². The molecule has 2 fully saturated rings. The Morgan fingerprint density at radius 2 is 1.97 bits per heavy atom. The predicted octanol–water partition coefficient (Wildman–Crippen LogP) is 4.03. The summed E-state index contributed by atoms with van der Waals surface area (Å²) in [5, 5.41) is 18.3. The topological polar surface area (TPSA) is 101 Å². The largest absolute Gasteiger partial charge is 0.481 e. The number of carbonyl (C=O) groups excluding carboxylic acids is 1. The number of carboxylic acid groups (broad SMARTS) is 1. The van der Waals surface area contributed by atoms with E-state index < -0.39 is 11.6 Å². The summed E-state index contributed by atoms with van der Waals surface area (Å²) in [6.45, 7) is 7.80. The summed E-state index contributed by atoms with van der Waals surface area (Å²) in [6, 6.07) is 0.410. The van der Waals surface area contributed by atoms with Crippen LogP contribution in [0, 0.1) is 0 Å². The molecular formula is C26H35N5O4. The van der Waals surface area contributed by atoms with Gasteiger partial charge >= 0.3 is 12.1 Å². The maximum atomic E-state index is 12.5. The first-order valence-corrected chi connectivity index (χ1v) is 12.7. The molecule has 9 heteroatoms. The van der Waals surface area contributed by atoms with E-state index in [-0.39, 0.29) is 24.6 Å². The van der Waals surface area contributed by atoms with Gasteiger partial charge in [0.05, 0.1) is 30.4 Å². The Labute approximate surface area is 206 Å². The third kappa shape index (κ3) is 4.73. The number of carboxylic acids is 1. The van der Waals surface area contributed by atoms with Crippen molar-refractivity contribution in [2.45, 2.75) is 82.9 Å². The van der Waals surface area contributed by atoms with Crippen LogP contribution in [-0.2, 0) is 9.53 Å². The smallest absolute Gasteiger partial charge is 0.410 e.